The molecule has 0 spiro atoms. The van der Waals surface area contributed by atoms with Crippen LogP contribution < -0.4 is 21.9 Å². The highest BCUT2D eigenvalue weighted by atomic mass is 35.5. The van der Waals surface area contributed by atoms with E-state index in [1.165, 1.54) is 11.1 Å². The minimum absolute atomic E-state index is 0. The molecule has 1 atom stereocenters. The SMILES string of the molecule is COc1ccc(/C=C/C=N/OCC(O)CN2CCc3ccccc3C2)cc1OC.[Cl-]. The zero-order valence-corrected chi connectivity index (χ0v) is 18.1. The monoisotopic (exact) mass is 431 g/mol. The normalized spacial score (nSPS) is 14.9. The molecule has 0 aliphatic carbocycles. The molecule has 3 rings (SSSR count). The summed E-state index contributed by atoms with van der Waals surface area (Å²) in [6, 6.07) is 14.1. The summed E-state index contributed by atoms with van der Waals surface area (Å²) in [5.74, 6) is 1.36. The van der Waals surface area contributed by atoms with Gasteiger partial charge in [-0.05, 0) is 41.3 Å². The number of rotatable bonds is 9. The average molecular weight is 432 g/mol. The number of fused-ring (bicyclic) bond motifs is 1. The summed E-state index contributed by atoms with van der Waals surface area (Å²) in [7, 11) is 3.21. The third-order valence-electron chi connectivity index (χ3n) is 4.86. The molecule has 0 bridgehead atoms. The molecule has 0 fully saturated rings. The van der Waals surface area contributed by atoms with Crippen LogP contribution in [0, 0.1) is 0 Å². The van der Waals surface area contributed by atoms with Gasteiger partial charge in [-0.25, -0.2) is 0 Å². The number of ether oxygens (including phenoxy) is 2. The number of nitrogens with zero attached hydrogens (tertiary/aromatic N) is 2. The van der Waals surface area contributed by atoms with Crippen molar-refractivity contribution in [2.24, 2.45) is 5.16 Å². The standard InChI is InChI=1S/C23H28N2O4.ClH/c1-27-22-10-9-18(14-23(22)28-2)6-5-12-24-29-17-21(26)16-25-13-11-19-7-3-4-8-20(19)15-25;/h3-10,12,14,21,26H,11,13,15-17H2,1-2H3;1H/p-1/b6-5+,24-12+;. The van der Waals surface area contributed by atoms with Gasteiger partial charge in [-0.3, -0.25) is 4.90 Å². The van der Waals surface area contributed by atoms with Crippen LogP contribution in [-0.4, -0.2) is 56.2 Å². The summed E-state index contributed by atoms with van der Waals surface area (Å²) in [6.07, 6.45) is 5.65. The number of aliphatic hydroxyl groups is 1. The minimum Gasteiger partial charge on any atom is -1.00 e. The molecular weight excluding hydrogens is 404 g/mol. The highest BCUT2D eigenvalue weighted by molar-refractivity contribution is 5.78. The van der Waals surface area contributed by atoms with Crippen LogP contribution in [0.2, 0.25) is 0 Å². The molecule has 0 aromatic heterocycles. The Kier molecular flexibility index (Phi) is 9.67. The van der Waals surface area contributed by atoms with Crippen LogP contribution in [0.25, 0.3) is 6.08 Å². The predicted molar refractivity (Wildman–Crippen MR) is 114 cm³/mol. The van der Waals surface area contributed by atoms with Crippen molar-refractivity contribution in [2.75, 3.05) is 33.9 Å². The maximum absolute atomic E-state index is 10.2. The van der Waals surface area contributed by atoms with Crippen LogP contribution in [0.5, 0.6) is 11.5 Å². The Balaban J connectivity index is 0.00000320. The zero-order valence-electron chi connectivity index (χ0n) is 17.3. The highest BCUT2D eigenvalue weighted by Crippen LogP contribution is 2.27. The number of allylic oxidation sites excluding steroid dienone is 1. The third-order valence-corrected chi connectivity index (χ3v) is 4.86. The van der Waals surface area contributed by atoms with Crippen LogP contribution >= 0.6 is 0 Å². The van der Waals surface area contributed by atoms with Gasteiger partial charge in [-0.1, -0.05) is 41.6 Å². The Morgan fingerprint density at radius 3 is 2.63 bits per heavy atom. The first kappa shape index (κ1) is 23.7. The molecule has 2 aromatic rings. The fourth-order valence-corrected chi connectivity index (χ4v) is 3.38. The van der Waals surface area contributed by atoms with Crippen LogP contribution in [0.1, 0.15) is 16.7 Å². The van der Waals surface area contributed by atoms with Crippen LogP contribution in [-0.2, 0) is 17.8 Å². The molecular formula is C23H28ClN2O4-. The molecule has 1 heterocycles. The average Bonchev–Trinajstić information content (AvgIpc) is 2.75. The number of hydrogen-bond donors (Lipinski definition) is 1. The molecule has 1 N–H and O–H groups in total. The molecule has 162 valence electrons. The summed E-state index contributed by atoms with van der Waals surface area (Å²) in [5.41, 5.74) is 3.70. The first-order valence-corrected chi connectivity index (χ1v) is 9.71. The molecule has 0 amide bonds. The third kappa shape index (κ3) is 6.76. The number of oxime groups is 1. The van der Waals surface area contributed by atoms with Crippen molar-refractivity contribution in [1.82, 2.24) is 4.90 Å². The van der Waals surface area contributed by atoms with E-state index < -0.39 is 6.10 Å². The molecule has 0 saturated carbocycles. The Morgan fingerprint density at radius 1 is 1.10 bits per heavy atom. The lowest BCUT2D eigenvalue weighted by Gasteiger charge is -2.29. The van der Waals surface area contributed by atoms with Gasteiger partial charge in [0.25, 0.3) is 0 Å². The lowest BCUT2D eigenvalue weighted by molar-refractivity contribution is -0.0000111. The van der Waals surface area contributed by atoms with Crippen LogP contribution in [0.3, 0.4) is 0 Å². The van der Waals surface area contributed by atoms with Crippen molar-refractivity contribution in [3.8, 4) is 11.5 Å². The van der Waals surface area contributed by atoms with Gasteiger partial charge in [0.1, 0.15) is 12.7 Å². The van der Waals surface area contributed by atoms with E-state index in [0.29, 0.717) is 18.0 Å². The number of aliphatic hydroxyl groups excluding tert-OH is 1. The lowest BCUT2D eigenvalue weighted by atomic mass is 10.00. The Bertz CT molecular complexity index is 857. The van der Waals surface area contributed by atoms with Crippen molar-refractivity contribution >= 4 is 12.3 Å². The van der Waals surface area contributed by atoms with Crippen molar-refractivity contribution in [3.63, 3.8) is 0 Å². The van der Waals surface area contributed by atoms with Crippen molar-refractivity contribution in [2.45, 2.75) is 19.1 Å². The molecule has 1 aliphatic rings. The Hall–Kier alpha value is -2.54. The highest BCUT2D eigenvalue weighted by Gasteiger charge is 2.18. The molecule has 1 unspecified atom stereocenters. The van der Waals surface area contributed by atoms with E-state index in [0.717, 1.165) is 25.1 Å². The fourth-order valence-electron chi connectivity index (χ4n) is 3.38. The lowest BCUT2D eigenvalue weighted by Crippen LogP contribution is -3.00. The van der Waals surface area contributed by atoms with Crippen molar-refractivity contribution in [1.29, 1.82) is 0 Å². The molecule has 7 heteroatoms. The summed E-state index contributed by atoms with van der Waals surface area (Å²) < 4.78 is 10.5. The first-order chi connectivity index (χ1) is 14.2. The smallest absolute Gasteiger partial charge is 0.161 e. The van der Waals surface area contributed by atoms with E-state index in [1.807, 2.05) is 24.3 Å². The fraction of sp³-hybridized carbons (Fsp3) is 0.348. The quantitative estimate of drug-likeness (QED) is 0.452. The van der Waals surface area contributed by atoms with E-state index in [-0.39, 0.29) is 19.0 Å². The summed E-state index contributed by atoms with van der Waals surface area (Å²) >= 11 is 0. The van der Waals surface area contributed by atoms with Gasteiger partial charge in [0, 0.05) is 19.6 Å². The van der Waals surface area contributed by atoms with E-state index in [2.05, 4.69) is 34.3 Å². The number of benzene rings is 2. The summed E-state index contributed by atoms with van der Waals surface area (Å²) in [6.45, 7) is 2.56. The van der Waals surface area contributed by atoms with Crippen molar-refractivity contribution in [3.05, 3.63) is 65.2 Å². The minimum atomic E-state index is -0.577. The molecule has 0 saturated heterocycles. The number of methoxy groups -OCH3 is 2. The van der Waals surface area contributed by atoms with Gasteiger partial charge in [-0.2, -0.15) is 0 Å². The second-order valence-corrected chi connectivity index (χ2v) is 6.93. The number of halogens is 1. The predicted octanol–water partition coefficient (Wildman–Crippen LogP) is 0.143. The van der Waals surface area contributed by atoms with Gasteiger partial charge in [-0.15, -0.1) is 0 Å². The van der Waals surface area contributed by atoms with Crippen molar-refractivity contribution < 1.29 is 31.8 Å². The van der Waals surface area contributed by atoms with E-state index in [1.54, 1.807) is 26.5 Å². The molecule has 1 aliphatic heterocycles. The maximum atomic E-state index is 10.2. The van der Waals surface area contributed by atoms with Gasteiger partial charge >= 0.3 is 0 Å². The largest absolute Gasteiger partial charge is 1.00 e. The van der Waals surface area contributed by atoms with Crippen LogP contribution in [0.4, 0.5) is 0 Å². The zero-order chi connectivity index (χ0) is 20.5. The van der Waals surface area contributed by atoms with E-state index in [4.69, 9.17) is 14.3 Å². The van der Waals surface area contributed by atoms with E-state index in [9.17, 15) is 5.11 Å². The first-order valence-electron chi connectivity index (χ1n) is 9.71. The molecule has 6 nitrogen and oxygen atoms in total. The molecule has 2 aromatic carbocycles. The van der Waals surface area contributed by atoms with Gasteiger partial charge in [0.15, 0.2) is 11.5 Å². The summed E-state index contributed by atoms with van der Waals surface area (Å²) in [4.78, 5) is 7.47. The molecule has 0 radical (unpaired) electrons. The molecule has 30 heavy (non-hydrogen) atoms. The second-order valence-electron chi connectivity index (χ2n) is 6.93. The van der Waals surface area contributed by atoms with Crippen LogP contribution in [0.15, 0.2) is 53.7 Å². The Morgan fingerprint density at radius 2 is 1.87 bits per heavy atom. The van der Waals surface area contributed by atoms with E-state index >= 15 is 0 Å². The second kappa shape index (κ2) is 12.2. The number of β-amino-alcohol motifs (C(OH)–C–C–N with tert-alkyl or cyclic N) is 1. The summed E-state index contributed by atoms with van der Waals surface area (Å²) in [5, 5.41) is 14.1. The van der Waals surface area contributed by atoms with Gasteiger partial charge in [0.2, 0.25) is 0 Å². The topological polar surface area (TPSA) is 63.5 Å². The van der Waals surface area contributed by atoms with Gasteiger partial charge < -0.3 is 31.8 Å². The Labute approximate surface area is 184 Å². The number of hydrogen-bond acceptors (Lipinski definition) is 6. The maximum Gasteiger partial charge on any atom is 0.161 e. The van der Waals surface area contributed by atoms with Gasteiger partial charge in [0.05, 0.1) is 20.4 Å².